The number of carbonyl (C=O) groups is 18. The predicted octanol–water partition coefficient (Wildman–Crippen LogP) is -2.24. The molecule has 18 amide bonds. The number of fused-ring (bicyclic) bond motifs is 4. The maximum atomic E-state index is 15.7. The number of para-hydroxylation sites is 2. The zero-order chi connectivity index (χ0) is 96.4. The highest BCUT2D eigenvalue weighted by Crippen LogP contribution is 2.28. The molecule has 714 valence electrons. The SMILES string of the molecule is CCCC[C@H]1C(=O)N(C)[C@@H](CCCC)C(=O)N[C@@H](CC(C)C)C(=O)N[C@H](C(=O)NCC(N)=O)CSCC(=O)N[C@@H](Cc2ccc(O)cc2)C(=O)N(C)[C@@H](C)C(=O)N[C@H](CC(N)=O)C(=O)N2CCC[C@H]2C(=O)N[C@@H](CC(N)=O)C(=O)N[C@@H](CC(C)C)C(=O)N2C[C@H](O)C[C@H]2C(=O)N[C@@H](Cc2c[nH]c3ccccc23)C(=O)N[C@@H](CO)C(=O)N[C@@H](Cc2c[nH]c3ccccc23)C(=O)N1C. The number of rotatable bonds is 24. The fraction of sp³-hybridized carbons (Fsp3) is 0.551. The summed E-state index contributed by atoms with van der Waals surface area (Å²) < 4.78 is 0. The van der Waals surface area contributed by atoms with Gasteiger partial charge in [0.1, 0.15) is 90.3 Å². The summed E-state index contributed by atoms with van der Waals surface area (Å²) in [5.74, 6) is -19.4. The fourth-order valence-corrected chi connectivity index (χ4v) is 17.1. The number of nitrogens with two attached hydrogens (primary N) is 3. The van der Waals surface area contributed by atoms with Crippen molar-refractivity contribution in [1.29, 1.82) is 0 Å². The minimum Gasteiger partial charge on any atom is -0.508 e. The Morgan fingerprint density at radius 3 is 1.57 bits per heavy atom. The van der Waals surface area contributed by atoms with Crippen LogP contribution >= 0.6 is 11.8 Å². The van der Waals surface area contributed by atoms with E-state index in [-0.39, 0.29) is 76.0 Å². The minimum atomic E-state index is -1.89. The first kappa shape index (κ1) is 104. The van der Waals surface area contributed by atoms with Crippen molar-refractivity contribution in [1.82, 2.24) is 87.6 Å². The number of nitrogens with zero attached hydrogens (tertiary/aromatic N) is 5. The van der Waals surface area contributed by atoms with E-state index in [2.05, 4.69) is 63.1 Å². The lowest BCUT2D eigenvalue weighted by Crippen LogP contribution is -2.62. The maximum absolute atomic E-state index is 15.7. The summed E-state index contributed by atoms with van der Waals surface area (Å²) in [6, 6.07) is -2.60. The molecule has 0 bridgehead atoms. The average Bonchev–Trinajstić information content (AvgIpc) is 1.68. The van der Waals surface area contributed by atoms with Crippen molar-refractivity contribution in [2.24, 2.45) is 29.0 Å². The number of aliphatic hydroxyl groups excluding tert-OH is 2. The van der Waals surface area contributed by atoms with Crippen LogP contribution in [0.25, 0.3) is 21.8 Å². The first-order valence-electron chi connectivity index (χ1n) is 44.1. The Labute approximate surface area is 762 Å². The summed E-state index contributed by atoms with van der Waals surface area (Å²) in [6.07, 6.45) is 0.369. The Balaban J connectivity index is 1.19. The zero-order valence-corrected chi connectivity index (χ0v) is 76.3. The lowest BCUT2D eigenvalue weighted by Gasteiger charge is -2.36. The van der Waals surface area contributed by atoms with Gasteiger partial charge in [0.2, 0.25) is 106 Å². The van der Waals surface area contributed by atoms with Gasteiger partial charge in [-0.25, -0.2) is 0 Å². The van der Waals surface area contributed by atoms with E-state index in [1.807, 2.05) is 13.8 Å². The Kier molecular flexibility index (Phi) is 38.6. The molecule has 3 aliphatic heterocycles. The molecule has 0 unspecified atom stereocenters. The van der Waals surface area contributed by atoms with E-state index >= 15 is 33.6 Å². The molecule has 0 spiro atoms. The molecule has 3 aromatic carbocycles. The number of unbranched alkanes of at least 4 members (excludes halogenated alkanes) is 2. The zero-order valence-electron chi connectivity index (χ0n) is 75.5. The second-order valence-electron chi connectivity index (χ2n) is 34.5. The molecular formula is C89H126N20O21S. The standard InChI is InChI=1S/C89H126N20O21S/c1-11-13-24-68-82(123)97-59(32-47(3)4)78(119)104-67(77(118)95-42-74(92)115)45-131-46-75(116)96-63(34-50-27-29-53(111)30-28-50)85(126)105(8)49(7)76(117)100-65(39-73(91)114)87(128)108-31-19-26-69(108)83(124)99-61(38-72(90)113)80(121)101-62(33-48(5)6)88(129)109-43-54(112)37-71(109)84(125)98-60(35-51-40-93-57-22-17-15-20-55(51)57)79(120)103-66(44-110)81(122)102-64(36-52-41-94-58-23-18-16-21-56(52)58)86(127)107(10)70(25-14-12-2)89(130)106(68)9/h15-18,20-23,27-30,40-41,47-49,54,59-71,93-94,110-112H,11-14,19,24-26,31-39,42-46H2,1-10H3,(H2,90,113)(H2,91,114)(H2,92,115)(H,95,118)(H,96,116)(H,97,123)(H,98,125)(H,99,124)(H,100,117)(H,101,121)(H,102,122)(H,103,120)(H,104,119)/t49-,54+,59-,60-,61-,62-,63-,64-,65+,66-,67-,68-,69-,70-,71-/m0/s1. The Bertz CT molecular complexity index is 4950. The summed E-state index contributed by atoms with van der Waals surface area (Å²) in [7, 11) is 3.92. The van der Waals surface area contributed by atoms with Gasteiger partial charge in [-0.2, -0.15) is 0 Å². The highest BCUT2D eigenvalue weighted by atomic mass is 32.2. The number of nitrogens with one attached hydrogen (secondary N) is 12. The van der Waals surface area contributed by atoms with Crippen molar-refractivity contribution < 1.29 is 102 Å². The molecule has 15 atom stereocenters. The quantitative estimate of drug-likeness (QED) is 0.0311. The largest absolute Gasteiger partial charge is 0.508 e. The molecular weight excluding hydrogens is 1720 g/mol. The van der Waals surface area contributed by atoms with E-state index in [0.717, 1.165) is 31.4 Å². The molecule has 3 fully saturated rings. The molecule has 0 radical (unpaired) electrons. The highest BCUT2D eigenvalue weighted by molar-refractivity contribution is 8.00. The highest BCUT2D eigenvalue weighted by Gasteiger charge is 2.47. The van der Waals surface area contributed by atoms with Crippen LogP contribution in [-0.4, -0.2) is 306 Å². The number of phenols is 1. The number of aromatic hydroxyl groups is 1. The van der Waals surface area contributed by atoms with E-state index in [1.165, 1.54) is 57.2 Å². The number of thioether (sulfide) groups is 1. The van der Waals surface area contributed by atoms with Gasteiger partial charge in [0.05, 0.1) is 37.9 Å². The molecule has 131 heavy (non-hydrogen) atoms. The van der Waals surface area contributed by atoms with Gasteiger partial charge in [-0.05, 0) is 98.2 Å². The maximum Gasteiger partial charge on any atom is 0.246 e. The van der Waals surface area contributed by atoms with Crippen molar-refractivity contribution in [3.05, 3.63) is 102 Å². The fourth-order valence-electron chi connectivity index (χ4n) is 16.3. The monoisotopic (exact) mass is 1840 g/mol. The lowest BCUT2D eigenvalue weighted by molar-refractivity contribution is -0.149. The summed E-state index contributed by atoms with van der Waals surface area (Å²) >= 11 is 0.783. The van der Waals surface area contributed by atoms with E-state index < -0.39 is 253 Å². The molecule has 3 aliphatic rings. The number of likely N-dealkylation sites (N-methyl/N-ethyl adjacent to an activating group) is 3. The number of aromatic amines is 2. The average molecular weight is 1840 g/mol. The van der Waals surface area contributed by atoms with E-state index in [0.29, 0.717) is 64.2 Å². The van der Waals surface area contributed by atoms with Gasteiger partial charge in [0, 0.05) is 99.9 Å². The Morgan fingerprint density at radius 2 is 0.985 bits per heavy atom. The molecule has 41 nitrogen and oxygen atoms in total. The lowest BCUT2D eigenvalue weighted by atomic mass is 9.99. The van der Waals surface area contributed by atoms with Crippen molar-refractivity contribution in [2.75, 3.05) is 58.9 Å². The van der Waals surface area contributed by atoms with Crippen LogP contribution in [0.15, 0.2) is 85.2 Å². The molecule has 3 saturated heterocycles. The predicted molar refractivity (Wildman–Crippen MR) is 482 cm³/mol. The van der Waals surface area contributed by atoms with Gasteiger partial charge in [0.25, 0.3) is 0 Å². The number of phenolic OH excluding ortho intramolecular Hbond substituents is 1. The first-order chi connectivity index (χ1) is 62.1. The topological polar surface area (TPSA) is 614 Å². The van der Waals surface area contributed by atoms with Crippen LogP contribution < -0.4 is 70.4 Å². The van der Waals surface area contributed by atoms with Gasteiger partial charge in [0.15, 0.2) is 0 Å². The van der Waals surface area contributed by atoms with Crippen LogP contribution in [0.2, 0.25) is 0 Å². The van der Waals surface area contributed by atoms with E-state index in [4.69, 9.17) is 17.2 Å². The molecule has 0 saturated carbocycles. The van der Waals surface area contributed by atoms with Crippen molar-refractivity contribution >= 4 is 140 Å². The van der Waals surface area contributed by atoms with E-state index in [9.17, 15) is 68.1 Å². The molecule has 21 N–H and O–H groups in total. The molecule has 5 heterocycles. The van der Waals surface area contributed by atoms with Gasteiger partial charge >= 0.3 is 0 Å². The Hall–Kier alpha value is -12.7. The van der Waals surface area contributed by atoms with Crippen molar-refractivity contribution in [2.45, 2.75) is 242 Å². The molecule has 0 aliphatic carbocycles. The molecule has 42 heteroatoms. The van der Waals surface area contributed by atoms with Crippen LogP contribution in [-0.2, 0) is 106 Å². The third-order valence-corrected chi connectivity index (χ3v) is 24.5. The van der Waals surface area contributed by atoms with Gasteiger partial charge in [-0.1, -0.05) is 116 Å². The van der Waals surface area contributed by atoms with Crippen LogP contribution in [0.3, 0.4) is 0 Å². The number of aliphatic hydroxyl groups is 2. The number of H-pyrrole nitrogens is 2. The summed E-state index contributed by atoms with van der Waals surface area (Å²) in [5.41, 5.74) is 19.4. The number of primary amides is 3. The Morgan fingerprint density at radius 1 is 0.504 bits per heavy atom. The molecule has 5 aromatic rings. The number of hydrogen-bond acceptors (Lipinski definition) is 22. The normalized spacial score (nSPS) is 25.2. The van der Waals surface area contributed by atoms with E-state index in [1.54, 1.807) is 88.6 Å². The van der Waals surface area contributed by atoms with Crippen LogP contribution in [0.1, 0.15) is 149 Å². The summed E-state index contributed by atoms with van der Waals surface area (Å²) in [4.78, 5) is 273. The summed E-state index contributed by atoms with van der Waals surface area (Å²) in [6.45, 7) is 9.37. The molecule has 2 aromatic heterocycles. The second kappa shape index (κ2) is 48.8. The second-order valence-corrected chi connectivity index (χ2v) is 35.5. The van der Waals surface area contributed by atoms with Gasteiger partial charge in [-0.15, -0.1) is 11.8 Å². The van der Waals surface area contributed by atoms with Gasteiger partial charge < -0.3 is 120 Å². The number of carbonyl (C=O) groups excluding carboxylic acids is 18. The van der Waals surface area contributed by atoms with Crippen molar-refractivity contribution in [3.63, 3.8) is 0 Å². The number of benzene rings is 3. The number of aromatic nitrogens is 2. The summed E-state index contributed by atoms with van der Waals surface area (Å²) in [5, 5.41) is 60.0. The third kappa shape index (κ3) is 28.9. The van der Waals surface area contributed by atoms with Crippen LogP contribution in [0, 0.1) is 11.8 Å². The molecule has 8 rings (SSSR count). The van der Waals surface area contributed by atoms with Crippen molar-refractivity contribution in [3.8, 4) is 5.75 Å². The van der Waals surface area contributed by atoms with Gasteiger partial charge in [-0.3, -0.25) is 86.3 Å². The number of amides is 18. The smallest absolute Gasteiger partial charge is 0.246 e. The van der Waals surface area contributed by atoms with Crippen LogP contribution in [0.5, 0.6) is 5.75 Å². The van der Waals surface area contributed by atoms with Crippen LogP contribution in [0.4, 0.5) is 0 Å². The third-order valence-electron chi connectivity index (χ3n) is 23.5. The minimum absolute atomic E-state index is 0.00998. The number of hydrogen-bond donors (Lipinski definition) is 18. The first-order valence-corrected chi connectivity index (χ1v) is 45.3.